The number of aromatic nitrogens is 2. The van der Waals surface area contributed by atoms with Gasteiger partial charge in [-0.2, -0.15) is 0 Å². The monoisotopic (exact) mass is 543 g/mol. The first-order valence-electron chi connectivity index (χ1n) is 9.04. The van der Waals surface area contributed by atoms with Crippen molar-refractivity contribution in [2.24, 2.45) is 0 Å². The van der Waals surface area contributed by atoms with Crippen LogP contribution in [-0.4, -0.2) is 9.97 Å². The van der Waals surface area contributed by atoms with Crippen molar-refractivity contribution >= 4 is 0 Å². The summed E-state index contributed by atoms with van der Waals surface area (Å²) in [6, 6.07) is 34.6. The summed E-state index contributed by atoms with van der Waals surface area (Å²) in [4.78, 5) is 9.83. The van der Waals surface area contributed by atoms with Crippen LogP contribution >= 0.6 is 0 Å². The fourth-order valence-corrected chi connectivity index (χ4v) is 3.10. The van der Waals surface area contributed by atoms with E-state index in [1.165, 1.54) is 0 Å². The molecule has 140 valence electrons. The van der Waals surface area contributed by atoms with E-state index in [2.05, 4.69) is 50.2 Å². The van der Waals surface area contributed by atoms with Gasteiger partial charge in [-0.1, -0.05) is 24.3 Å². The van der Waals surface area contributed by atoms with Crippen molar-refractivity contribution in [1.82, 2.24) is 9.97 Å². The minimum absolute atomic E-state index is 0. The molecule has 0 amide bonds. The van der Waals surface area contributed by atoms with Crippen LogP contribution in [0.1, 0.15) is 25.2 Å². The first-order chi connectivity index (χ1) is 13.1. The summed E-state index contributed by atoms with van der Waals surface area (Å²) >= 11 is 0. The standard InChI is InChI=1S/C25H20N2.Pt/c1-25(2,23-17-9-15-21(26-23)19-11-5-3-6-12-19)24-18-10-16-22(27-24)20-13-7-4-8-14-20;/h3-11,13,15-18H,1-2H3;/q-2;+2. The molecular weight excluding hydrogens is 523 g/mol. The van der Waals surface area contributed by atoms with Gasteiger partial charge in [-0.05, 0) is 37.4 Å². The van der Waals surface area contributed by atoms with Gasteiger partial charge in [0.2, 0.25) is 0 Å². The zero-order chi connectivity index (χ0) is 18.7. The van der Waals surface area contributed by atoms with Crippen LogP contribution in [0.4, 0.5) is 0 Å². The van der Waals surface area contributed by atoms with E-state index in [4.69, 9.17) is 9.97 Å². The van der Waals surface area contributed by atoms with Gasteiger partial charge >= 0.3 is 21.1 Å². The van der Waals surface area contributed by atoms with Crippen molar-refractivity contribution in [1.29, 1.82) is 0 Å². The second-order valence-corrected chi connectivity index (χ2v) is 6.99. The van der Waals surface area contributed by atoms with Crippen LogP contribution in [-0.2, 0) is 26.5 Å². The summed E-state index contributed by atoms with van der Waals surface area (Å²) in [5, 5.41) is 0. The van der Waals surface area contributed by atoms with Crippen LogP contribution in [0.15, 0.2) is 84.9 Å². The zero-order valence-electron chi connectivity index (χ0n) is 15.8. The van der Waals surface area contributed by atoms with Gasteiger partial charge in [0.15, 0.2) is 0 Å². The average molecular weight is 544 g/mol. The van der Waals surface area contributed by atoms with E-state index in [0.717, 1.165) is 33.9 Å². The minimum Gasteiger partial charge on any atom is -0.300 e. The second-order valence-electron chi connectivity index (χ2n) is 6.99. The fourth-order valence-electron chi connectivity index (χ4n) is 3.10. The van der Waals surface area contributed by atoms with Gasteiger partial charge < -0.3 is 9.97 Å². The second kappa shape index (κ2) is 8.62. The molecule has 0 aliphatic rings. The summed E-state index contributed by atoms with van der Waals surface area (Å²) < 4.78 is 0. The van der Waals surface area contributed by atoms with Crippen LogP contribution in [0, 0.1) is 12.1 Å². The zero-order valence-corrected chi connectivity index (χ0v) is 18.1. The van der Waals surface area contributed by atoms with Gasteiger partial charge in [0.05, 0.1) is 0 Å². The third kappa shape index (κ3) is 4.13. The van der Waals surface area contributed by atoms with Crippen molar-refractivity contribution in [3.8, 4) is 22.5 Å². The molecule has 0 fully saturated rings. The maximum atomic E-state index is 4.91. The van der Waals surface area contributed by atoms with Crippen LogP contribution in [0.3, 0.4) is 0 Å². The summed E-state index contributed by atoms with van der Waals surface area (Å²) in [5.74, 6) is 0. The van der Waals surface area contributed by atoms with Gasteiger partial charge in [-0.25, -0.2) is 0 Å². The van der Waals surface area contributed by atoms with E-state index >= 15 is 0 Å². The summed E-state index contributed by atoms with van der Waals surface area (Å²) in [7, 11) is 0. The van der Waals surface area contributed by atoms with Crippen molar-refractivity contribution in [2.45, 2.75) is 19.3 Å². The molecule has 0 saturated carbocycles. The van der Waals surface area contributed by atoms with Crippen molar-refractivity contribution in [3.05, 3.63) is 108 Å². The van der Waals surface area contributed by atoms with Crippen molar-refractivity contribution in [2.75, 3.05) is 0 Å². The maximum Gasteiger partial charge on any atom is 2.00 e. The Morgan fingerprint density at radius 1 is 0.607 bits per heavy atom. The molecule has 2 aromatic heterocycles. The fraction of sp³-hybridized carbons (Fsp3) is 0.120. The third-order valence-electron chi connectivity index (χ3n) is 4.75. The number of hydrogen-bond donors (Lipinski definition) is 0. The molecule has 0 atom stereocenters. The van der Waals surface area contributed by atoms with E-state index in [1.807, 2.05) is 60.7 Å². The first kappa shape index (κ1) is 20.2. The third-order valence-corrected chi connectivity index (χ3v) is 4.75. The van der Waals surface area contributed by atoms with Gasteiger partial charge in [-0.15, -0.1) is 71.8 Å². The maximum absolute atomic E-state index is 4.91. The summed E-state index contributed by atoms with van der Waals surface area (Å²) in [5.41, 5.74) is 5.49. The molecule has 0 bridgehead atoms. The van der Waals surface area contributed by atoms with Crippen LogP contribution in [0.2, 0.25) is 0 Å². The van der Waals surface area contributed by atoms with E-state index in [9.17, 15) is 0 Å². The molecule has 0 N–H and O–H groups in total. The van der Waals surface area contributed by atoms with Crippen LogP contribution in [0.25, 0.3) is 22.5 Å². The van der Waals surface area contributed by atoms with Crippen LogP contribution in [0.5, 0.6) is 0 Å². The molecule has 4 rings (SSSR count). The van der Waals surface area contributed by atoms with E-state index < -0.39 is 0 Å². The number of nitrogens with zero attached hydrogens (tertiary/aromatic N) is 2. The molecule has 0 saturated heterocycles. The molecule has 0 aliphatic heterocycles. The van der Waals surface area contributed by atoms with Gasteiger partial charge in [0, 0.05) is 16.8 Å². The van der Waals surface area contributed by atoms with Gasteiger partial charge in [-0.3, -0.25) is 0 Å². The molecule has 3 heteroatoms. The first-order valence-corrected chi connectivity index (χ1v) is 9.04. The van der Waals surface area contributed by atoms with Crippen LogP contribution < -0.4 is 0 Å². The number of hydrogen-bond acceptors (Lipinski definition) is 2. The number of rotatable bonds is 4. The van der Waals surface area contributed by atoms with Gasteiger partial charge in [0.25, 0.3) is 0 Å². The Morgan fingerprint density at radius 3 is 1.46 bits per heavy atom. The molecule has 0 spiro atoms. The van der Waals surface area contributed by atoms with Crippen molar-refractivity contribution in [3.63, 3.8) is 0 Å². The molecule has 0 unspecified atom stereocenters. The summed E-state index contributed by atoms with van der Waals surface area (Å²) in [6.45, 7) is 4.32. The molecule has 2 heterocycles. The Labute approximate surface area is 181 Å². The molecule has 2 nitrogen and oxygen atoms in total. The largest absolute Gasteiger partial charge is 2.00 e. The summed E-state index contributed by atoms with van der Waals surface area (Å²) in [6.07, 6.45) is 0. The normalized spacial score (nSPS) is 10.9. The van der Waals surface area contributed by atoms with E-state index in [0.29, 0.717) is 0 Å². The Balaban J connectivity index is 0.00000225. The number of pyridine rings is 2. The van der Waals surface area contributed by atoms with E-state index in [-0.39, 0.29) is 26.5 Å². The molecule has 4 aromatic rings. The molecule has 0 radical (unpaired) electrons. The van der Waals surface area contributed by atoms with E-state index in [1.54, 1.807) is 0 Å². The Morgan fingerprint density at radius 2 is 1.07 bits per heavy atom. The van der Waals surface area contributed by atoms with Gasteiger partial charge in [0.1, 0.15) is 0 Å². The molecule has 2 aromatic carbocycles. The molecule has 28 heavy (non-hydrogen) atoms. The molecule has 0 aliphatic carbocycles. The SMILES string of the molecule is CC(C)(c1cccc(-c2[c-]cccc2)n1)c1cccc(-c2[c-]cccc2)n1.[Pt+2]. The average Bonchev–Trinajstić information content (AvgIpc) is 2.75. The Bertz CT molecular complexity index is 959. The topological polar surface area (TPSA) is 25.8 Å². The predicted octanol–water partition coefficient (Wildman–Crippen LogP) is 5.73. The quantitative estimate of drug-likeness (QED) is 0.307. The Kier molecular flexibility index (Phi) is 6.21. The Hall–Kier alpha value is -2.57. The smallest absolute Gasteiger partial charge is 0.300 e. The predicted molar refractivity (Wildman–Crippen MR) is 109 cm³/mol. The molecular formula is C25H20N2Pt. The van der Waals surface area contributed by atoms with Crippen molar-refractivity contribution < 1.29 is 21.1 Å². The minimum atomic E-state index is -0.324. The number of benzene rings is 2.